The van der Waals surface area contributed by atoms with E-state index in [9.17, 15) is 92.3 Å². The standard InChI is InChI=1S/C80H123N33O22/c1-5-42(4)65(77(131)107-57(24-46-30-89-39-97-46)72(126)104-56(23-45-29-88-38-96-45)70(124)102-54(21-43-27-86-36-94-43)67(121)92-18-14-62(116)99-52(79(134)135)12-7-9-16-91-63(117)33-113-32-48(111-112-113)20-50(83)78(132)133)110-74(128)58(25-47-31-90-40-98-47)105-73(127)59(26-64(118)119)106-71(125)55(22-44-28-87-37-95-44)103-68(122)51(13-10-17-93-80(84)85)100-75(129)61(35-115)109-69(123)53(19-41(2)3)101-76(130)60(34-114)108-66(120)49(82)11-6-8-15-81/h27-32,36-42,49-61,65,114-115H,5-26,33-35,81-83H2,1-4H3,(H,86,94)(H,87,95)(H,88,96)(H,89,97)(H,90,98)(H,91,117)(H,92,121)(H,99,116)(H,100,129)(H,101,130)(H,102,124)(H,103,122)(H,104,126)(H,105,127)(H,106,125)(H,107,131)(H,108,120)(H,109,123)(H,110,128)(H,118,119)(H,132,133)(H,134,135)(H4,84,85,93)/t42-,49-,50+,51-,52?,53-,54-,55-,56-,57-,58-,59-,60-,61-,65-/m0/s1. The number of carbonyl (C=O) groups excluding carboxylic acids is 14. The van der Waals surface area contributed by atoms with E-state index < -0.39 is 236 Å². The Morgan fingerprint density at radius 1 is 0.415 bits per heavy atom. The van der Waals surface area contributed by atoms with E-state index in [0.717, 1.165) is 0 Å². The maximum Gasteiger partial charge on any atom is 0.326 e. The number of rotatable bonds is 64. The zero-order valence-electron chi connectivity index (χ0n) is 74.8. The first-order valence-corrected chi connectivity index (χ1v) is 43.5. The van der Waals surface area contributed by atoms with Crippen LogP contribution in [0.15, 0.2) is 68.8 Å². The van der Waals surface area contributed by atoms with Gasteiger partial charge in [0.25, 0.3) is 0 Å². The van der Waals surface area contributed by atoms with Gasteiger partial charge in [-0.25, -0.2) is 34.4 Å². The molecular formula is C80H123N33O22. The summed E-state index contributed by atoms with van der Waals surface area (Å²) in [6.07, 6.45) is 12.2. The molecule has 0 fully saturated rings. The second-order valence-electron chi connectivity index (χ2n) is 32.3. The fourth-order valence-corrected chi connectivity index (χ4v) is 13.4. The van der Waals surface area contributed by atoms with E-state index in [1.54, 1.807) is 27.7 Å². The van der Waals surface area contributed by atoms with Gasteiger partial charge in [0.15, 0.2) is 5.96 Å². The molecule has 1 unspecified atom stereocenters. The number of unbranched alkanes of at least 4 members (excludes halogenated alkanes) is 2. The third kappa shape index (κ3) is 38.9. The molecule has 0 bridgehead atoms. The Hall–Kier alpha value is -14.7. The van der Waals surface area contributed by atoms with Gasteiger partial charge in [0.2, 0.25) is 82.7 Å². The van der Waals surface area contributed by atoms with Crippen LogP contribution in [-0.2, 0) is 127 Å². The number of aromatic amines is 5. The number of aliphatic carboxylic acids is 3. The number of nitrogens with one attached hydrogen (secondary N) is 21. The van der Waals surface area contributed by atoms with E-state index in [0.29, 0.717) is 37.2 Å². The third-order valence-corrected chi connectivity index (χ3v) is 20.9. The molecule has 0 radical (unpaired) electrons. The predicted molar refractivity (Wildman–Crippen MR) is 471 cm³/mol. The molecule has 6 rings (SSSR count). The minimum atomic E-state index is -2.09. The maximum absolute atomic E-state index is 15.0. The van der Waals surface area contributed by atoms with E-state index >= 15 is 9.59 Å². The first-order chi connectivity index (χ1) is 64.4. The Labute approximate surface area is 772 Å². The number of imidazole rings is 5. The van der Waals surface area contributed by atoms with Gasteiger partial charge in [0, 0.05) is 130 Å². The second kappa shape index (κ2) is 56.9. The number of aliphatic hydroxyl groups is 2. The third-order valence-electron chi connectivity index (χ3n) is 20.9. The number of carboxylic acids is 3. The van der Waals surface area contributed by atoms with Gasteiger partial charge < -0.3 is 153 Å². The lowest BCUT2D eigenvalue weighted by molar-refractivity contribution is -0.142. The van der Waals surface area contributed by atoms with Crippen molar-refractivity contribution in [2.45, 2.75) is 234 Å². The number of aromatic nitrogens is 13. The van der Waals surface area contributed by atoms with Crippen molar-refractivity contribution < 1.29 is 107 Å². The highest BCUT2D eigenvalue weighted by atomic mass is 16.4. The summed E-state index contributed by atoms with van der Waals surface area (Å²) in [5.74, 6) is -19.7. The molecule has 0 saturated carbocycles. The number of guanidine groups is 1. The number of aliphatic hydroxyl groups excluding tert-OH is 2. The Kier molecular flexibility index (Phi) is 45.9. The van der Waals surface area contributed by atoms with Gasteiger partial charge in [0.05, 0.1) is 63.0 Å². The molecule has 135 heavy (non-hydrogen) atoms. The number of hydrogen-bond acceptors (Lipinski definition) is 30. The Balaban J connectivity index is 1.16. The van der Waals surface area contributed by atoms with E-state index in [2.05, 4.69) is 140 Å². The molecule has 34 N–H and O–H groups in total. The lowest BCUT2D eigenvalue weighted by Crippen LogP contribution is -2.62. The zero-order chi connectivity index (χ0) is 99.2. The van der Waals surface area contributed by atoms with Crippen LogP contribution >= 0.6 is 0 Å². The highest BCUT2D eigenvalue weighted by molar-refractivity contribution is 6.01. The summed E-state index contributed by atoms with van der Waals surface area (Å²) in [5.41, 5.74) is 24.1. The van der Waals surface area contributed by atoms with E-state index in [-0.39, 0.29) is 126 Å². The number of amides is 14. The second-order valence-corrected chi connectivity index (χ2v) is 32.3. The molecule has 55 heteroatoms. The summed E-state index contributed by atoms with van der Waals surface area (Å²) >= 11 is 0. The Morgan fingerprint density at radius 2 is 0.815 bits per heavy atom. The number of carbonyl (C=O) groups is 17. The van der Waals surface area contributed by atoms with E-state index in [1.165, 1.54) is 73.5 Å². The summed E-state index contributed by atoms with van der Waals surface area (Å²) in [7, 11) is 0. The fourth-order valence-electron chi connectivity index (χ4n) is 13.4. The number of H-pyrrole nitrogens is 5. The topological polar surface area (TPSA) is 874 Å². The molecule has 0 aromatic carbocycles. The van der Waals surface area contributed by atoms with Crippen LogP contribution in [0.1, 0.15) is 139 Å². The normalized spacial score (nSPS) is 14.5. The van der Waals surface area contributed by atoms with Crippen molar-refractivity contribution in [2.75, 3.05) is 39.4 Å². The van der Waals surface area contributed by atoms with Crippen LogP contribution in [0.3, 0.4) is 0 Å². The molecule has 6 aromatic rings. The van der Waals surface area contributed by atoms with Crippen molar-refractivity contribution >= 4 is 107 Å². The lowest BCUT2D eigenvalue weighted by atomic mass is 9.96. The fraction of sp³-hybridized carbons (Fsp3) is 0.562. The van der Waals surface area contributed by atoms with Gasteiger partial charge in [-0.2, -0.15) is 0 Å². The molecule has 6 heterocycles. The molecule has 14 amide bonds. The van der Waals surface area contributed by atoms with Crippen molar-refractivity contribution in [3.8, 4) is 0 Å². The molecule has 6 aromatic heterocycles. The summed E-state index contributed by atoms with van der Waals surface area (Å²) in [6, 6.07) is -22.2. The van der Waals surface area contributed by atoms with Crippen molar-refractivity contribution in [1.82, 2.24) is 145 Å². The Morgan fingerprint density at radius 3 is 1.25 bits per heavy atom. The minimum absolute atomic E-state index is 0.0393. The van der Waals surface area contributed by atoms with Gasteiger partial charge in [-0.15, -0.1) is 5.10 Å². The molecular weight excluding hydrogens is 1780 g/mol. The number of nitrogens with zero attached hydrogens (tertiary/aromatic N) is 8. The first kappa shape index (κ1) is 109. The number of nitrogens with two attached hydrogens (primary N) is 4. The van der Waals surface area contributed by atoms with Gasteiger partial charge >= 0.3 is 17.9 Å². The predicted octanol–water partition coefficient (Wildman–Crippen LogP) is -9.97. The highest BCUT2D eigenvalue weighted by Gasteiger charge is 2.40. The molecule has 0 aliphatic rings. The monoisotopic (exact) mass is 1900 g/mol. The van der Waals surface area contributed by atoms with E-state index in [1.807, 2.05) is 0 Å². The Bertz CT molecular complexity index is 4820. The van der Waals surface area contributed by atoms with Crippen molar-refractivity contribution in [3.05, 3.63) is 103 Å². The van der Waals surface area contributed by atoms with Crippen molar-refractivity contribution in [3.63, 3.8) is 0 Å². The minimum Gasteiger partial charge on any atom is -0.481 e. The molecule has 740 valence electrons. The van der Waals surface area contributed by atoms with Gasteiger partial charge in [-0.1, -0.05) is 45.7 Å². The largest absolute Gasteiger partial charge is 0.481 e. The van der Waals surface area contributed by atoms with E-state index in [4.69, 9.17) is 33.5 Å². The van der Waals surface area contributed by atoms with Crippen LogP contribution in [0, 0.1) is 17.2 Å². The summed E-state index contributed by atoms with van der Waals surface area (Å²) in [5, 5.41) is 103. The molecule has 15 atom stereocenters. The first-order valence-electron chi connectivity index (χ1n) is 43.5. The smallest absolute Gasteiger partial charge is 0.326 e. The summed E-state index contributed by atoms with van der Waals surface area (Å²) in [4.78, 5) is 269. The molecule has 0 spiro atoms. The molecule has 0 saturated heterocycles. The average Bonchev–Trinajstić information content (AvgIpc) is 1.83. The quantitative estimate of drug-likeness (QED) is 0.00958. The van der Waals surface area contributed by atoms with Crippen molar-refractivity contribution in [2.24, 2.45) is 34.8 Å². The average molecular weight is 1900 g/mol. The summed E-state index contributed by atoms with van der Waals surface area (Å²) < 4.78 is 1.19. The SMILES string of the molecule is CC[C@H](C)[C@H](NC(=O)[C@H](Cc1cnc[nH]1)NC(=O)[C@H](CC(=O)O)NC(=O)[C@H](Cc1cnc[nH]1)NC(=O)[C@H](CCCNC(=N)N)NC(=O)[C@H](CO)NC(=O)[C@H](CC(C)C)NC(=O)[C@H](CO)NC(=O)[C@@H](N)CCCCN)C(=O)N[C@@H](Cc1cnc[nH]1)C(=O)N[C@@H](Cc1cnc[nH]1)C(=O)N[C@@H](Cc1cnc[nH]1)C(=O)NCCC(=O)NC(CCCCNC(=O)Cn1cc(C[C@@H](N)C(=O)O)nn1)C(=O)O. The van der Waals surface area contributed by atoms with Gasteiger partial charge in [-0.05, 0) is 69.7 Å². The van der Waals surface area contributed by atoms with Crippen molar-refractivity contribution in [1.29, 1.82) is 5.41 Å². The van der Waals surface area contributed by atoms with Crippen LogP contribution in [0.4, 0.5) is 0 Å². The number of carboxylic acid groups (broad SMARTS) is 3. The molecule has 0 aliphatic heterocycles. The number of hydrogen-bond donors (Lipinski definition) is 30. The van der Waals surface area contributed by atoms with Crippen LogP contribution in [0.25, 0.3) is 0 Å². The van der Waals surface area contributed by atoms with Gasteiger partial charge in [-0.3, -0.25) is 82.1 Å². The van der Waals surface area contributed by atoms with Crippen LogP contribution in [0.2, 0.25) is 0 Å². The molecule has 55 nitrogen and oxygen atoms in total. The lowest BCUT2D eigenvalue weighted by Gasteiger charge is -2.29. The van der Waals surface area contributed by atoms with Crippen LogP contribution in [-0.4, -0.2) is 321 Å². The highest BCUT2D eigenvalue weighted by Crippen LogP contribution is 2.16. The molecule has 0 aliphatic carbocycles. The van der Waals surface area contributed by atoms with Gasteiger partial charge in [0.1, 0.15) is 85.1 Å². The van der Waals surface area contributed by atoms with Crippen LogP contribution < -0.4 is 103 Å². The summed E-state index contributed by atoms with van der Waals surface area (Å²) in [6.45, 7) is 4.36. The van der Waals surface area contributed by atoms with Crippen LogP contribution in [0.5, 0.6) is 0 Å². The zero-order valence-corrected chi connectivity index (χ0v) is 74.8. The maximum atomic E-state index is 15.0.